The van der Waals surface area contributed by atoms with Crippen molar-refractivity contribution in [1.29, 1.82) is 0 Å². The Morgan fingerprint density at radius 1 is 1.07 bits per heavy atom. The second-order valence-electron chi connectivity index (χ2n) is 6.45. The molecule has 0 bridgehead atoms. The van der Waals surface area contributed by atoms with Gasteiger partial charge < -0.3 is 4.98 Å². The zero-order chi connectivity index (χ0) is 20.8. The predicted molar refractivity (Wildman–Crippen MR) is 117 cm³/mol. The Morgan fingerprint density at radius 2 is 1.93 bits per heavy atom. The molecule has 0 aliphatic carbocycles. The third-order valence-electron chi connectivity index (χ3n) is 4.29. The summed E-state index contributed by atoms with van der Waals surface area (Å²) in [5, 5.41) is 6.69. The number of H-pyrrole nitrogens is 1. The van der Waals surface area contributed by atoms with Gasteiger partial charge >= 0.3 is 0 Å². The first-order chi connectivity index (χ1) is 14.7. The zero-order valence-electron chi connectivity index (χ0n) is 15.9. The number of benzene rings is 1. The molecule has 0 atom stereocenters. The molecule has 3 aromatic heterocycles. The highest BCUT2D eigenvalue weighted by atomic mass is 32.1. The summed E-state index contributed by atoms with van der Waals surface area (Å²) in [5.74, 6) is -0.862. The summed E-state index contributed by atoms with van der Waals surface area (Å²) in [6, 6.07) is 17.3. The van der Waals surface area contributed by atoms with Crippen molar-refractivity contribution < 1.29 is 9.59 Å². The summed E-state index contributed by atoms with van der Waals surface area (Å²) in [4.78, 5) is 27.8. The first-order valence-corrected chi connectivity index (χ1v) is 10.1. The van der Waals surface area contributed by atoms with E-state index in [1.54, 1.807) is 35.7 Å². The van der Waals surface area contributed by atoms with E-state index >= 15 is 0 Å². The molecule has 1 aromatic carbocycles. The summed E-state index contributed by atoms with van der Waals surface area (Å²) in [6.07, 6.45) is 6.61. The fourth-order valence-electron chi connectivity index (χ4n) is 2.88. The van der Waals surface area contributed by atoms with Gasteiger partial charge in [0.05, 0.1) is 11.4 Å². The third kappa shape index (κ3) is 4.73. The number of rotatable bonds is 6. The molecule has 3 N–H and O–H groups in total. The predicted octanol–water partition coefficient (Wildman–Crippen LogP) is 3.46. The Kier molecular flexibility index (Phi) is 5.86. The van der Waals surface area contributed by atoms with Crippen molar-refractivity contribution in [3.63, 3.8) is 0 Å². The Balaban J connectivity index is 1.47. The largest absolute Gasteiger partial charge is 0.357 e. The molecule has 7 nitrogen and oxygen atoms in total. The minimum atomic E-state index is -0.442. The van der Waals surface area contributed by atoms with Gasteiger partial charge in [0.1, 0.15) is 11.4 Å². The fourth-order valence-corrected chi connectivity index (χ4v) is 3.61. The number of nitrogens with zero attached hydrogens (tertiary/aromatic N) is 2. The highest BCUT2D eigenvalue weighted by molar-refractivity contribution is 7.13. The van der Waals surface area contributed by atoms with Crippen molar-refractivity contribution in [3.05, 3.63) is 95.3 Å². The number of hydrogen-bond acceptors (Lipinski definition) is 4. The summed E-state index contributed by atoms with van der Waals surface area (Å²) in [7, 11) is 0. The molecule has 0 saturated heterocycles. The van der Waals surface area contributed by atoms with E-state index in [0.29, 0.717) is 12.2 Å². The number of hydrogen-bond donors (Lipinski definition) is 3. The van der Waals surface area contributed by atoms with E-state index in [1.165, 1.54) is 6.08 Å². The Morgan fingerprint density at radius 3 is 2.67 bits per heavy atom. The van der Waals surface area contributed by atoms with E-state index in [2.05, 4.69) is 15.8 Å². The Bertz CT molecular complexity index is 1150. The zero-order valence-corrected chi connectivity index (χ0v) is 16.7. The lowest BCUT2D eigenvalue weighted by atomic mass is 10.2. The van der Waals surface area contributed by atoms with E-state index in [1.807, 2.05) is 58.7 Å². The number of amides is 2. The normalized spacial score (nSPS) is 10.9. The van der Waals surface area contributed by atoms with E-state index in [4.69, 9.17) is 5.10 Å². The van der Waals surface area contributed by atoms with Gasteiger partial charge in [0, 0.05) is 24.0 Å². The van der Waals surface area contributed by atoms with Crippen LogP contribution >= 0.6 is 11.3 Å². The van der Waals surface area contributed by atoms with Crippen LogP contribution in [0.5, 0.6) is 0 Å². The highest BCUT2D eigenvalue weighted by Crippen LogP contribution is 2.27. The van der Waals surface area contributed by atoms with Crippen molar-refractivity contribution in [1.82, 2.24) is 25.6 Å². The number of thiophene rings is 1. The van der Waals surface area contributed by atoms with Crippen LogP contribution in [0.15, 0.2) is 78.4 Å². The van der Waals surface area contributed by atoms with Crippen molar-refractivity contribution in [2.75, 3.05) is 0 Å². The van der Waals surface area contributed by atoms with E-state index in [-0.39, 0.29) is 0 Å². The smallest absolute Gasteiger partial charge is 0.286 e. The van der Waals surface area contributed by atoms with Gasteiger partial charge in [-0.05, 0) is 35.2 Å². The quantitative estimate of drug-likeness (QED) is 0.331. The topological polar surface area (TPSA) is 91.8 Å². The lowest BCUT2D eigenvalue weighted by Gasteiger charge is -2.03. The van der Waals surface area contributed by atoms with E-state index < -0.39 is 11.8 Å². The second kappa shape index (κ2) is 9.06. The van der Waals surface area contributed by atoms with Crippen LogP contribution in [-0.4, -0.2) is 26.6 Å². The van der Waals surface area contributed by atoms with Gasteiger partial charge in [-0.2, -0.15) is 5.10 Å². The van der Waals surface area contributed by atoms with Gasteiger partial charge in [-0.25, -0.2) is 0 Å². The van der Waals surface area contributed by atoms with Crippen LogP contribution in [0.4, 0.5) is 0 Å². The maximum absolute atomic E-state index is 12.1. The second-order valence-corrected chi connectivity index (χ2v) is 7.40. The number of aromatic amines is 1. The first kappa shape index (κ1) is 19.4. The van der Waals surface area contributed by atoms with Gasteiger partial charge in [-0.1, -0.05) is 36.4 Å². The molecule has 0 spiro atoms. The van der Waals surface area contributed by atoms with Crippen LogP contribution in [-0.2, 0) is 11.3 Å². The van der Waals surface area contributed by atoms with Crippen molar-refractivity contribution in [2.45, 2.75) is 6.54 Å². The summed E-state index contributed by atoms with van der Waals surface area (Å²) in [6.45, 7) is 0.630. The standard InChI is InChI=1S/C22H19N5O2S/c28-20(24-25-22(29)18-8-4-12-23-18)11-10-17-15-27(14-16-6-2-1-3-7-16)26-21(17)19-9-5-13-30-19/h1-13,15,23H,14H2,(H,24,28)(H,25,29). The van der Waals surface area contributed by atoms with E-state index in [9.17, 15) is 9.59 Å². The molecule has 150 valence electrons. The molecule has 0 unspecified atom stereocenters. The third-order valence-corrected chi connectivity index (χ3v) is 5.16. The first-order valence-electron chi connectivity index (χ1n) is 9.26. The molecule has 0 fully saturated rings. The van der Waals surface area contributed by atoms with Gasteiger partial charge in [0.2, 0.25) is 0 Å². The van der Waals surface area contributed by atoms with Gasteiger partial charge in [-0.15, -0.1) is 11.3 Å². The average molecular weight is 417 g/mol. The molecule has 2 amide bonds. The molecule has 8 heteroatoms. The Hall–Kier alpha value is -3.91. The molecule has 30 heavy (non-hydrogen) atoms. The SMILES string of the molecule is O=C(C=Cc1cn(Cc2ccccc2)nc1-c1cccs1)NNC(=O)c1ccc[nH]1. The molecular weight excluding hydrogens is 398 g/mol. The van der Waals surface area contributed by atoms with Crippen LogP contribution in [0.2, 0.25) is 0 Å². The van der Waals surface area contributed by atoms with Crippen molar-refractivity contribution in [2.24, 2.45) is 0 Å². The molecule has 0 aliphatic heterocycles. The van der Waals surface area contributed by atoms with Crippen molar-refractivity contribution in [3.8, 4) is 10.6 Å². The molecule has 4 aromatic rings. The highest BCUT2D eigenvalue weighted by Gasteiger charge is 2.11. The summed E-state index contributed by atoms with van der Waals surface area (Å²) < 4.78 is 1.86. The van der Waals surface area contributed by atoms with Gasteiger partial charge in [0.15, 0.2) is 0 Å². The average Bonchev–Trinajstić information content (AvgIpc) is 3.53. The minimum absolute atomic E-state index is 0.362. The van der Waals surface area contributed by atoms with Crippen LogP contribution < -0.4 is 10.9 Å². The lowest BCUT2D eigenvalue weighted by Crippen LogP contribution is -2.40. The van der Waals surface area contributed by atoms with E-state index in [0.717, 1.165) is 21.7 Å². The number of carbonyl (C=O) groups is 2. The minimum Gasteiger partial charge on any atom is -0.357 e. The molecule has 3 heterocycles. The molecular formula is C22H19N5O2S. The van der Waals surface area contributed by atoms with Crippen LogP contribution in [0.3, 0.4) is 0 Å². The fraction of sp³-hybridized carbons (Fsp3) is 0.0455. The summed E-state index contributed by atoms with van der Waals surface area (Å²) in [5.41, 5.74) is 7.86. The maximum atomic E-state index is 12.1. The lowest BCUT2D eigenvalue weighted by molar-refractivity contribution is -0.117. The van der Waals surface area contributed by atoms with Crippen molar-refractivity contribution >= 4 is 29.2 Å². The molecule has 0 radical (unpaired) electrons. The van der Waals surface area contributed by atoms with Gasteiger partial charge in [0.25, 0.3) is 11.8 Å². The van der Waals surface area contributed by atoms with Crippen LogP contribution in [0, 0.1) is 0 Å². The number of aromatic nitrogens is 3. The molecule has 4 rings (SSSR count). The molecule has 0 aliphatic rings. The summed E-state index contributed by atoms with van der Waals surface area (Å²) >= 11 is 1.59. The number of nitrogens with one attached hydrogen (secondary N) is 3. The van der Waals surface area contributed by atoms with Crippen LogP contribution in [0.25, 0.3) is 16.6 Å². The monoisotopic (exact) mass is 417 g/mol. The number of hydrazine groups is 1. The number of carbonyl (C=O) groups excluding carboxylic acids is 2. The maximum Gasteiger partial charge on any atom is 0.286 e. The van der Waals surface area contributed by atoms with Crippen LogP contribution in [0.1, 0.15) is 21.6 Å². The van der Waals surface area contributed by atoms with Gasteiger partial charge in [-0.3, -0.25) is 25.1 Å². The molecule has 0 saturated carbocycles. The Labute approximate surface area is 177 Å².